The molecule has 2 aromatic carbocycles. The molecule has 0 saturated heterocycles. The number of hydrogen-bond donors (Lipinski definition) is 2. The van der Waals surface area contributed by atoms with E-state index in [0.717, 1.165) is 0 Å². The van der Waals surface area contributed by atoms with Crippen LogP contribution < -0.4 is 70.6 Å². The van der Waals surface area contributed by atoms with Crippen LogP contribution in [0.4, 0.5) is 11.4 Å². The normalized spacial score (nSPS) is 12.5. The molecular formula is C13H10N2Na2O12S4-2. The van der Waals surface area contributed by atoms with Crippen LogP contribution in [-0.4, -0.2) is 51.9 Å². The Morgan fingerprint density at radius 1 is 0.545 bits per heavy atom. The largest absolute Gasteiger partial charge is 1.00 e. The van der Waals surface area contributed by atoms with E-state index in [-0.39, 0.29) is 59.1 Å². The number of rotatable bonds is 6. The van der Waals surface area contributed by atoms with Crippen LogP contribution in [0.15, 0.2) is 43.8 Å². The third-order valence-corrected chi connectivity index (χ3v) is 7.86. The summed E-state index contributed by atoms with van der Waals surface area (Å²) in [5.74, 6) is 0. The van der Waals surface area contributed by atoms with Gasteiger partial charge in [-0.15, -0.1) is 0 Å². The Kier molecular flexibility index (Phi) is 10.6. The summed E-state index contributed by atoms with van der Waals surface area (Å²) in [6.45, 7) is 0. The molecule has 4 N–H and O–H groups in total. The van der Waals surface area contributed by atoms with Crippen molar-refractivity contribution >= 4 is 51.8 Å². The quantitative estimate of drug-likeness (QED) is 0.188. The molecule has 2 aromatic rings. The Morgan fingerprint density at radius 3 is 1.03 bits per heavy atom. The van der Waals surface area contributed by atoms with Crippen LogP contribution in [0.3, 0.4) is 0 Å². The van der Waals surface area contributed by atoms with E-state index in [2.05, 4.69) is 0 Å². The van der Waals surface area contributed by atoms with Crippen molar-refractivity contribution in [3.05, 3.63) is 35.4 Å². The predicted molar refractivity (Wildman–Crippen MR) is 96.4 cm³/mol. The summed E-state index contributed by atoms with van der Waals surface area (Å²) < 4.78 is 139. The van der Waals surface area contributed by atoms with Crippen LogP contribution in [0.1, 0.15) is 11.1 Å². The van der Waals surface area contributed by atoms with Gasteiger partial charge in [0.1, 0.15) is 40.5 Å². The van der Waals surface area contributed by atoms with Crippen LogP contribution in [-0.2, 0) is 46.9 Å². The summed E-state index contributed by atoms with van der Waals surface area (Å²) in [6, 6.07) is 2.23. The fraction of sp³-hybridized carbons (Fsp3) is 0.0769. The molecule has 0 amide bonds. The van der Waals surface area contributed by atoms with Crippen LogP contribution in [0.25, 0.3) is 0 Å². The third-order valence-electron chi connectivity index (χ3n) is 3.91. The van der Waals surface area contributed by atoms with Gasteiger partial charge in [-0.3, -0.25) is 0 Å². The first-order valence-corrected chi connectivity index (χ1v) is 13.1. The molecule has 0 aliphatic heterocycles. The van der Waals surface area contributed by atoms with Gasteiger partial charge in [-0.25, -0.2) is 33.7 Å². The molecule has 2 rings (SSSR count). The minimum Gasteiger partial charge on any atom is -0.744 e. The Labute approximate surface area is 233 Å². The minimum absolute atomic E-state index is 0. The molecule has 0 aromatic heterocycles. The van der Waals surface area contributed by atoms with E-state index < -0.39 is 89.0 Å². The van der Waals surface area contributed by atoms with Crippen molar-refractivity contribution in [2.75, 3.05) is 11.5 Å². The van der Waals surface area contributed by atoms with E-state index in [1.54, 1.807) is 0 Å². The maximum atomic E-state index is 11.7. The van der Waals surface area contributed by atoms with E-state index in [1.165, 1.54) is 0 Å². The van der Waals surface area contributed by atoms with Gasteiger partial charge in [-0.2, -0.15) is 0 Å². The van der Waals surface area contributed by atoms with Gasteiger partial charge in [0, 0.05) is 17.8 Å². The zero-order valence-corrected chi connectivity index (χ0v) is 24.0. The first kappa shape index (κ1) is 32.7. The minimum atomic E-state index is -5.75. The smallest absolute Gasteiger partial charge is 0.744 e. The van der Waals surface area contributed by atoms with E-state index >= 15 is 0 Å². The Balaban J connectivity index is 0.00000512. The fourth-order valence-corrected chi connectivity index (χ4v) is 6.73. The zero-order valence-electron chi connectivity index (χ0n) is 16.7. The van der Waals surface area contributed by atoms with Crippen molar-refractivity contribution in [1.82, 2.24) is 0 Å². The van der Waals surface area contributed by atoms with Crippen LogP contribution in [0, 0.1) is 0 Å². The van der Waals surface area contributed by atoms with E-state index in [0.29, 0.717) is 24.3 Å². The second-order valence-electron chi connectivity index (χ2n) is 5.91. The molecule has 14 nitrogen and oxygen atoms in total. The molecule has 172 valence electrons. The van der Waals surface area contributed by atoms with Crippen molar-refractivity contribution in [1.29, 1.82) is 0 Å². The number of hydrogen-bond acceptors (Lipinski definition) is 14. The van der Waals surface area contributed by atoms with Gasteiger partial charge in [0.2, 0.25) is 0 Å². The third kappa shape index (κ3) is 7.34. The molecule has 0 bridgehead atoms. The van der Waals surface area contributed by atoms with E-state index in [1.807, 2.05) is 0 Å². The van der Waals surface area contributed by atoms with E-state index in [4.69, 9.17) is 11.5 Å². The summed E-state index contributed by atoms with van der Waals surface area (Å²) in [5.41, 5.74) is 7.92. The monoisotopic (exact) mass is 560 g/mol. The number of anilines is 2. The van der Waals surface area contributed by atoms with Crippen molar-refractivity contribution in [3.8, 4) is 0 Å². The van der Waals surface area contributed by atoms with Gasteiger partial charge in [-0.05, 0) is 35.4 Å². The predicted octanol–water partition coefficient (Wildman–Crippen LogP) is -7.93. The van der Waals surface area contributed by atoms with Gasteiger partial charge in [0.15, 0.2) is 0 Å². The van der Waals surface area contributed by atoms with Gasteiger partial charge >= 0.3 is 59.1 Å². The Bertz CT molecular complexity index is 1400. The second kappa shape index (κ2) is 10.7. The summed E-state index contributed by atoms with van der Waals surface area (Å²) in [7, 11) is -22.6. The van der Waals surface area contributed by atoms with Gasteiger partial charge in [0.25, 0.3) is 0 Å². The van der Waals surface area contributed by atoms with Crippen molar-refractivity contribution < 1.29 is 111 Å². The molecule has 0 heterocycles. The molecule has 0 atom stereocenters. The second-order valence-corrected chi connectivity index (χ2v) is 11.2. The van der Waals surface area contributed by atoms with Gasteiger partial charge < -0.3 is 29.7 Å². The summed E-state index contributed by atoms with van der Waals surface area (Å²) in [4.78, 5) is -6.34. The maximum Gasteiger partial charge on any atom is 1.00 e. The zero-order chi connectivity index (χ0) is 24.2. The molecule has 0 fully saturated rings. The maximum absolute atomic E-state index is 11.7. The molecule has 0 aliphatic rings. The van der Waals surface area contributed by atoms with Crippen molar-refractivity contribution in [3.63, 3.8) is 0 Å². The van der Waals surface area contributed by atoms with Gasteiger partial charge in [0.05, 0.1) is 19.6 Å². The molecular weight excluding hydrogens is 550 g/mol. The molecule has 0 aliphatic carbocycles. The van der Waals surface area contributed by atoms with Crippen molar-refractivity contribution in [2.45, 2.75) is 26.0 Å². The topological polar surface area (TPSA) is 281 Å². The van der Waals surface area contributed by atoms with Crippen LogP contribution in [0.5, 0.6) is 0 Å². The summed E-state index contributed by atoms with van der Waals surface area (Å²) in [5, 5.41) is 0. The summed E-state index contributed by atoms with van der Waals surface area (Å²) >= 11 is 0. The molecule has 0 spiro atoms. The number of nitrogens with two attached hydrogens (primary N) is 2. The molecule has 0 radical (unpaired) electrons. The van der Waals surface area contributed by atoms with Crippen LogP contribution >= 0.6 is 0 Å². The molecule has 33 heavy (non-hydrogen) atoms. The first-order chi connectivity index (χ1) is 13.8. The Hall–Kier alpha value is -0.320. The number of nitrogen functional groups attached to an aromatic ring is 2. The van der Waals surface area contributed by atoms with E-state index in [9.17, 15) is 51.9 Å². The van der Waals surface area contributed by atoms with Crippen molar-refractivity contribution in [2.24, 2.45) is 0 Å². The molecule has 20 heteroatoms. The Morgan fingerprint density at radius 2 is 0.818 bits per heavy atom. The molecule has 0 unspecified atom stereocenters. The molecule has 0 saturated carbocycles. The average molecular weight is 560 g/mol. The fourth-order valence-electron chi connectivity index (χ4n) is 2.73. The van der Waals surface area contributed by atoms with Gasteiger partial charge in [-0.1, -0.05) is 0 Å². The number of benzene rings is 2. The standard InChI is InChI=1S/C13H14N2O12S4.2Na/c14-8-1-3-10(28(16,17)18)12(30(22,23)24)6(8)5-7-9(15)2-4-11(29(19,20)21)13(7)31(25,26)27;;/h1-4H,5,14-15H2,(H,16,17,18)(H,19,20,21)(H,22,23,24)(H,25,26,27);;/q;2*+1/p-4. The first-order valence-electron chi connectivity index (χ1n) is 7.42. The average Bonchev–Trinajstić information content (AvgIpc) is 2.53. The SMILES string of the molecule is Nc1ccc(S(=O)(=O)[O-])c(S(=O)(=O)[O-])c1Cc1c(N)ccc(S(=O)(=O)[O-])c1S(=O)(=O)[O-].[Na+].[Na+]. The summed E-state index contributed by atoms with van der Waals surface area (Å²) in [6.07, 6.45) is -1.21. The van der Waals surface area contributed by atoms with Crippen LogP contribution in [0.2, 0.25) is 0 Å².